The van der Waals surface area contributed by atoms with E-state index in [1.165, 1.54) is 0 Å². The molecule has 144 valence electrons. The molecule has 2 aromatic heterocycles. The minimum absolute atomic E-state index is 0.0182. The van der Waals surface area contributed by atoms with Crippen molar-refractivity contribution >= 4 is 23.1 Å². The van der Waals surface area contributed by atoms with Gasteiger partial charge in [0.05, 0.1) is 16.6 Å². The van der Waals surface area contributed by atoms with Crippen LogP contribution in [0.25, 0.3) is 28.7 Å². The van der Waals surface area contributed by atoms with E-state index in [0.717, 1.165) is 16.8 Å². The van der Waals surface area contributed by atoms with E-state index in [1.54, 1.807) is 17.0 Å². The standard InChI is InChI=1S/C25H23N3O/c1-25(2,3)19-9-6-10-20(16-19)28-23(14-13-18-8-7-15-26-17-18)27-22-12-5-4-11-21(22)24(28)29/h4-17H,1-3H3/b14-13+. The van der Waals surface area contributed by atoms with Gasteiger partial charge in [-0.3, -0.25) is 14.3 Å². The largest absolute Gasteiger partial charge is 0.268 e. The quantitative estimate of drug-likeness (QED) is 0.487. The van der Waals surface area contributed by atoms with Crippen LogP contribution in [-0.4, -0.2) is 14.5 Å². The van der Waals surface area contributed by atoms with Crippen molar-refractivity contribution in [2.45, 2.75) is 26.2 Å². The van der Waals surface area contributed by atoms with Crippen molar-refractivity contribution in [3.8, 4) is 5.69 Å². The third kappa shape index (κ3) is 3.87. The van der Waals surface area contributed by atoms with Crippen molar-refractivity contribution in [3.05, 3.63) is 100 Å². The van der Waals surface area contributed by atoms with Crippen LogP contribution in [-0.2, 0) is 5.41 Å². The highest BCUT2D eigenvalue weighted by molar-refractivity contribution is 5.80. The molecule has 4 rings (SSSR count). The molecule has 0 fully saturated rings. The molecule has 0 aliphatic carbocycles. The summed E-state index contributed by atoms with van der Waals surface area (Å²) in [6.07, 6.45) is 7.31. The van der Waals surface area contributed by atoms with Gasteiger partial charge in [0.15, 0.2) is 0 Å². The second-order valence-corrected chi connectivity index (χ2v) is 8.05. The van der Waals surface area contributed by atoms with Gasteiger partial charge in [0.1, 0.15) is 5.82 Å². The summed E-state index contributed by atoms with van der Waals surface area (Å²) in [6.45, 7) is 6.49. The molecule has 0 N–H and O–H groups in total. The van der Waals surface area contributed by atoms with Gasteiger partial charge in [-0.1, -0.05) is 51.1 Å². The summed E-state index contributed by atoms with van der Waals surface area (Å²) < 4.78 is 1.68. The van der Waals surface area contributed by atoms with Crippen molar-refractivity contribution < 1.29 is 0 Å². The molecule has 0 radical (unpaired) electrons. The molecule has 0 aliphatic rings. The van der Waals surface area contributed by atoms with Crippen LogP contribution in [0.4, 0.5) is 0 Å². The Hall–Kier alpha value is -3.53. The lowest BCUT2D eigenvalue weighted by Gasteiger charge is -2.20. The van der Waals surface area contributed by atoms with Crippen molar-refractivity contribution in [1.82, 2.24) is 14.5 Å². The molecule has 29 heavy (non-hydrogen) atoms. The molecule has 0 saturated carbocycles. The lowest BCUT2D eigenvalue weighted by atomic mass is 9.87. The van der Waals surface area contributed by atoms with E-state index in [4.69, 9.17) is 4.98 Å². The van der Waals surface area contributed by atoms with Gasteiger partial charge in [-0.2, -0.15) is 0 Å². The molecule has 0 bridgehead atoms. The second-order valence-electron chi connectivity index (χ2n) is 8.05. The Morgan fingerprint density at radius 2 is 1.76 bits per heavy atom. The number of benzene rings is 2. The van der Waals surface area contributed by atoms with Crippen LogP contribution in [0.3, 0.4) is 0 Å². The van der Waals surface area contributed by atoms with E-state index in [-0.39, 0.29) is 11.0 Å². The molecule has 4 nitrogen and oxygen atoms in total. The SMILES string of the molecule is CC(C)(C)c1cccc(-n2c(/C=C/c3cccnc3)nc3ccccc3c2=O)c1. The molecule has 2 aromatic carbocycles. The monoisotopic (exact) mass is 381 g/mol. The molecular formula is C25H23N3O. The van der Waals surface area contributed by atoms with Crippen LogP contribution < -0.4 is 5.56 Å². The normalized spacial score (nSPS) is 12.0. The van der Waals surface area contributed by atoms with Crippen molar-refractivity contribution in [2.75, 3.05) is 0 Å². The maximum atomic E-state index is 13.4. The summed E-state index contributed by atoms with van der Waals surface area (Å²) in [5.41, 5.74) is 3.52. The van der Waals surface area contributed by atoms with Crippen molar-refractivity contribution in [2.24, 2.45) is 0 Å². The van der Waals surface area contributed by atoms with Crippen LogP contribution in [0.1, 0.15) is 37.7 Å². The van der Waals surface area contributed by atoms with Gasteiger partial charge in [-0.25, -0.2) is 4.98 Å². The van der Waals surface area contributed by atoms with Crippen molar-refractivity contribution in [1.29, 1.82) is 0 Å². The lowest BCUT2D eigenvalue weighted by molar-refractivity contribution is 0.589. The molecule has 2 heterocycles. The fourth-order valence-corrected chi connectivity index (χ4v) is 3.27. The first kappa shape index (κ1) is 18.8. The third-order valence-electron chi connectivity index (χ3n) is 4.88. The Morgan fingerprint density at radius 1 is 0.931 bits per heavy atom. The fraction of sp³-hybridized carbons (Fsp3) is 0.160. The summed E-state index contributed by atoms with van der Waals surface area (Å²) in [5, 5.41) is 0.604. The average molecular weight is 381 g/mol. The zero-order valence-corrected chi connectivity index (χ0v) is 16.8. The lowest BCUT2D eigenvalue weighted by Crippen LogP contribution is -2.23. The third-order valence-corrected chi connectivity index (χ3v) is 4.88. The van der Waals surface area contributed by atoms with Crippen LogP contribution >= 0.6 is 0 Å². The number of nitrogens with zero attached hydrogens (tertiary/aromatic N) is 3. The molecule has 0 amide bonds. The number of aromatic nitrogens is 3. The number of para-hydroxylation sites is 1. The molecule has 0 unspecified atom stereocenters. The zero-order chi connectivity index (χ0) is 20.4. The van der Waals surface area contributed by atoms with E-state index < -0.39 is 0 Å². The first-order valence-electron chi connectivity index (χ1n) is 9.64. The highest BCUT2D eigenvalue weighted by Crippen LogP contribution is 2.25. The number of fused-ring (bicyclic) bond motifs is 1. The highest BCUT2D eigenvalue weighted by Gasteiger charge is 2.16. The predicted octanol–water partition coefficient (Wildman–Crippen LogP) is 5.25. The topological polar surface area (TPSA) is 47.8 Å². The summed E-state index contributed by atoms with van der Waals surface area (Å²) in [5.74, 6) is 0.587. The van der Waals surface area contributed by atoms with Gasteiger partial charge in [0, 0.05) is 12.4 Å². The zero-order valence-electron chi connectivity index (χ0n) is 16.8. The minimum Gasteiger partial charge on any atom is -0.268 e. The first-order valence-corrected chi connectivity index (χ1v) is 9.64. The van der Waals surface area contributed by atoms with Gasteiger partial charge < -0.3 is 0 Å². The Balaban J connectivity index is 1.96. The van der Waals surface area contributed by atoms with Gasteiger partial charge >= 0.3 is 0 Å². The minimum atomic E-state index is -0.0764. The second kappa shape index (κ2) is 7.47. The Morgan fingerprint density at radius 3 is 2.52 bits per heavy atom. The van der Waals surface area contributed by atoms with E-state index in [2.05, 4.69) is 37.9 Å². The summed E-state index contributed by atoms with van der Waals surface area (Å²) >= 11 is 0. The fourth-order valence-electron chi connectivity index (χ4n) is 3.27. The van der Waals surface area contributed by atoms with E-state index in [9.17, 15) is 4.79 Å². The van der Waals surface area contributed by atoms with Crippen LogP contribution in [0.15, 0.2) is 77.9 Å². The molecule has 0 spiro atoms. The average Bonchev–Trinajstić information content (AvgIpc) is 2.72. The van der Waals surface area contributed by atoms with Crippen LogP contribution in [0.2, 0.25) is 0 Å². The molecule has 4 aromatic rings. The molecule has 4 heteroatoms. The van der Waals surface area contributed by atoms with E-state index in [1.807, 2.05) is 60.7 Å². The molecule has 0 aliphatic heterocycles. The maximum absolute atomic E-state index is 13.4. The molecule has 0 atom stereocenters. The summed E-state index contributed by atoms with van der Waals surface area (Å²) in [6, 6.07) is 19.4. The Bertz CT molecular complexity index is 1250. The van der Waals surface area contributed by atoms with E-state index >= 15 is 0 Å². The number of hydrogen-bond acceptors (Lipinski definition) is 3. The maximum Gasteiger partial charge on any atom is 0.266 e. The first-order chi connectivity index (χ1) is 13.9. The number of rotatable bonds is 3. The van der Waals surface area contributed by atoms with Gasteiger partial charge in [0.2, 0.25) is 0 Å². The highest BCUT2D eigenvalue weighted by atomic mass is 16.1. The van der Waals surface area contributed by atoms with Gasteiger partial charge in [-0.15, -0.1) is 0 Å². The Labute approximate surface area is 170 Å². The number of hydrogen-bond donors (Lipinski definition) is 0. The van der Waals surface area contributed by atoms with Crippen molar-refractivity contribution in [3.63, 3.8) is 0 Å². The number of pyridine rings is 1. The van der Waals surface area contributed by atoms with Gasteiger partial charge in [0.25, 0.3) is 5.56 Å². The van der Waals surface area contributed by atoms with Crippen LogP contribution in [0, 0.1) is 0 Å². The van der Waals surface area contributed by atoms with E-state index in [0.29, 0.717) is 16.7 Å². The molecule has 0 saturated heterocycles. The molecular weight excluding hydrogens is 358 g/mol. The summed E-state index contributed by atoms with van der Waals surface area (Å²) in [7, 11) is 0. The van der Waals surface area contributed by atoms with Crippen LogP contribution in [0.5, 0.6) is 0 Å². The Kier molecular flexibility index (Phi) is 4.85. The van der Waals surface area contributed by atoms with Gasteiger partial charge in [-0.05, 0) is 59.0 Å². The predicted molar refractivity (Wildman–Crippen MR) is 119 cm³/mol. The smallest absolute Gasteiger partial charge is 0.266 e. The summed E-state index contributed by atoms with van der Waals surface area (Å²) in [4.78, 5) is 22.3.